The van der Waals surface area contributed by atoms with Crippen LogP contribution in [0.2, 0.25) is 5.02 Å². The fourth-order valence-electron chi connectivity index (χ4n) is 2.29. The Hall–Kier alpha value is -1.58. The summed E-state index contributed by atoms with van der Waals surface area (Å²) in [5, 5.41) is 3.79. The van der Waals surface area contributed by atoms with Crippen molar-refractivity contribution in [2.45, 2.75) is 19.9 Å². The van der Waals surface area contributed by atoms with Crippen molar-refractivity contribution in [1.82, 2.24) is 5.32 Å². The number of ether oxygens (including phenoxy) is 1. The molecule has 2 aromatic carbocycles. The van der Waals surface area contributed by atoms with E-state index in [1.165, 1.54) is 6.07 Å². The number of nitrogens with one attached hydrogen (secondary N) is 1. The molecule has 112 valence electrons. The molecule has 1 unspecified atom stereocenters. The Morgan fingerprint density at radius 2 is 2.00 bits per heavy atom. The van der Waals surface area contributed by atoms with E-state index in [0.717, 1.165) is 17.7 Å². The van der Waals surface area contributed by atoms with Gasteiger partial charge in [-0.15, -0.1) is 0 Å². The molecule has 2 rings (SSSR count). The molecule has 1 N–H and O–H groups in total. The fraction of sp³-hybridized carbons (Fsp3) is 0.294. The standard InChI is InChI=1S/C17H19ClFNO/c1-4-20-11(2)12-5-7-16(19)14(9-12)13-6-8-17(21-3)15(18)10-13/h5-11,20H,4H2,1-3H3. The van der Waals surface area contributed by atoms with Gasteiger partial charge >= 0.3 is 0 Å². The molecule has 1 atom stereocenters. The van der Waals surface area contributed by atoms with Crippen molar-refractivity contribution in [2.75, 3.05) is 13.7 Å². The van der Waals surface area contributed by atoms with Gasteiger partial charge in [-0.3, -0.25) is 0 Å². The van der Waals surface area contributed by atoms with Crippen molar-refractivity contribution in [3.63, 3.8) is 0 Å². The van der Waals surface area contributed by atoms with E-state index < -0.39 is 0 Å². The topological polar surface area (TPSA) is 21.3 Å². The molecule has 0 heterocycles. The van der Waals surface area contributed by atoms with E-state index >= 15 is 0 Å². The van der Waals surface area contributed by atoms with Crippen molar-refractivity contribution >= 4 is 11.6 Å². The van der Waals surface area contributed by atoms with E-state index in [1.54, 1.807) is 25.3 Å². The van der Waals surface area contributed by atoms with Crippen molar-refractivity contribution < 1.29 is 9.13 Å². The molecule has 0 amide bonds. The molecule has 0 aliphatic rings. The summed E-state index contributed by atoms with van der Waals surface area (Å²) in [7, 11) is 1.56. The second-order valence-corrected chi connectivity index (χ2v) is 5.28. The number of benzene rings is 2. The second-order valence-electron chi connectivity index (χ2n) is 4.87. The maximum atomic E-state index is 14.1. The van der Waals surface area contributed by atoms with Crippen molar-refractivity contribution in [1.29, 1.82) is 0 Å². The van der Waals surface area contributed by atoms with Gasteiger partial charge < -0.3 is 10.1 Å². The van der Waals surface area contributed by atoms with Crippen LogP contribution in [0.1, 0.15) is 25.5 Å². The summed E-state index contributed by atoms with van der Waals surface area (Å²) in [6, 6.07) is 10.6. The first-order valence-corrected chi connectivity index (χ1v) is 7.31. The van der Waals surface area contributed by atoms with Crippen LogP contribution in [0.15, 0.2) is 36.4 Å². The van der Waals surface area contributed by atoms with Gasteiger partial charge in [-0.2, -0.15) is 0 Å². The highest BCUT2D eigenvalue weighted by Gasteiger charge is 2.11. The van der Waals surface area contributed by atoms with Gasteiger partial charge in [0.2, 0.25) is 0 Å². The Balaban J connectivity index is 2.43. The van der Waals surface area contributed by atoms with E-state index in [-0.39, 0.29) is 11.9 Å². The van der Waals surface area contributed by atoms with Gasteiger partial charge in [-0.05, 0) is 48.9 Å². The first-order valence-electron chi connectivity index (χ1n) is 6.93. The van der Waals surface area contributed by atoms with Crippen LogP contribution in [0.25, 0.3) is 11.1 Å². The highest BCUT2D eigenvalue weighted by Crippen LogP contribution is 2.32. The van der Waals surface area contributed by atoms with Crippen LogP contribution in [-0.2, 0) is 0 Å². The maximum absolute atomic E-state index is 14.1. The van der Waals surface area contributed by atoms with E-state index in [9.17, 15) is 4.39 Å². The largest absolute Gasteiger partial charge is 0.495 e. The Bertz CT molecular complexity index is 630. The molecule has 0 spiro atoms. The third-order valence-corrected chi connectivity index (χ3v) is 3.76. The van der Waals surface area contributed by atoms with Gasteiger partial charge in [-0.25, -0.2) is 4.39 Å². The zero-order valence-corrected chi connectivity index (χ0v) is 13.2. The highest BCUT2D eigenvalue weighted by atomic mass is 35.5. The predicted molar refractivity (Wildman–Crippen MR) is 85.5 cm³/mol. The first kappa shape index (κ1) is 15.8. The lowest BCUT2D eigenvalue weighted by Crippen LogP contribution is -2.17. The Kier molecular flexibility index (Phi) is 5.21. The van der Waals surface area contributed by atoms with E-state index in [4.69, 9.17) is 16.3 Å². The summed E-state index contributed by atoms with van der Waals surface area (Å²) < 4.78 is 19.2. The lowest BCUT2D eigenvalue weighted by atomic mass is 9.99. The van der Waals surface area contributed by atoms with Gasteiger partial charge in [0.25, 0.3) is 0 Å². The third kappa shape index (κ3) is 3.55. The van der Waals surface area contributed by atoms with Crippen molar-refractivity contribution in [2.24, 2.45) is 0 Å². The molecule has 4 heteroatoms. The van der Waals surface area contributed by atoms with Crippen LogP contribution in [0.3, 0.4) is 0 Å². The number of hydrogen-bond donors (Lipinski definition) is 1. The molecule has 21 heavy (non-hydrogen) atoms. The molecule has 0 aliphatic heterocycles. The highest BCUT2D eigenvalue weighted by molar-refractivity contribution is 6.32. The number of rotatable bonds is 5. The molecule has 0 bridgehead atoms. The average Bonchev–Trinajstić information content (AvgIpc) is 2.48. The smallest absolute Gasteiger partial charge is 0.137 e. The van der Waals surface area contributed by atoms with Gasteiger partial charge in [0, 0.05) is 11.6 Å². The zero-order valence-electron chi connectivity index (χ0n) is 12.4. The number of hydrogen-bond acceptors (Lipinski definition) is 2. The van der Waals surface area contributed by atoms with Crippen LogP contribution < -0.4 is 10.1 Å². The molecule has 2 nitrogen and oxygen atoms in total. The molecule has 0 aromatic heterocycles. The maximum Gasteiger partial charge on any atom is 0.137 e. The Morgan fingerprint density at radius 1 is 1.24 bits per heavy atom. The van der Waals surface area contributed by atoms with E-state index in [0.29, 0.717) is 16.3 Å². The molecular formula is C17H19ClFNO. The zero-order chi connectivity index (χ0) is 15.4. The van der Waals surface area contributed by atoms with Crippen LogP contribution >= 0.6 is 11.6 Å². The fourth-order valence-corrected chi connectivity index (χ4v) is 2.55. The Morgan fingerprint density at radius 3 is 2.62 bits per heavy atom. The summed E-state index contributed by atoms with van der Waals surface area (Å²) in [6.45, 7) is 4.97. The van der Waals surface area contributed by atoms with Crippen LogP contribution in [-0.4, -0.2) is 13.7 Å². The molecule has 0 saturated heterocycles. The van der Waals surface area contributed by atoms with Gasteiger partial charge in [0.15, 0.2) is 0 Å². The molecular weight excluding hydrogens is 289 g/mol. The second kappa shape index (κ2) is 6.92. The number of methoxy groups -OCH3 is 1. The molecule has 0 fully saturated rings. The minimum Gasteiger partial charge on any atom is -0.495 e. The van der Waals surface area contributed by atoms with Crippen LogP contribution in [0.5, 0.6) is 5.75 Å². The third-order valence-electron chi connectivity index (χ3n) is 3.46. The van der Waals surface area contributed by atoms with Crippen LogP contribution in [0, 0.1) is 5.82 Å². The average molecular weight is 308 g/mol. The molecule has 0 radical (unpaired) electrons. The lowest BCUT2D eigenvalue weighted by Gasteiger charge is -2.15. The van der Waals surface area contributed by atoms with Crippen molar-refractivity contribution in [3.8, 4) is 16.9 Å². The summed E-state index contributed by atoms with van der Waals surface area (Å²) >= 11 is 6.12. The van der Waals surface area contributed by atoms with E-state index in [1.807, 2.05) is 19.1 Å². The van der Waals surface area contributed by atoms with Gasteiger partial charge in [-0.1, -0.05) is 30.7 Å². The summed E-state index contributed by atoms with van der Waals surface area (Å²) in [5.41, 5.74) is 2.32. The molecule has 0 saturated carbocycles. The minimum atomic E-state index is -0.260. The monoisotopic (exact) mass is 307 g/mol. The van der Waals surface area contributed by atoms with E-state index in [2.05, 4.69) is 12.2 Å². The Labute approximate surface area is 129 Å². The normalized spacial score (nSPS) is 12.2. The predicted octanol–water partition coefficient (Wildman–Crippen LogP) is 4.83. The quantitative estimate of drug-likeness (QED) is 0.854. The number of halogens is 2. The van der Waals surface area contributed by atoms with Crippen LogP contribution in [0.4, 0.5) is 4.39 Å². The molecule has 0 aliphatic carbocycles. The minimum absolute atomic E-state index is 0.170. The SMILES string of the molecule is CCNC(C)c1ccc(F)c(-c2ccc(OC)c(Cl)c2)c1. The lowest BCUT2D eigenvalue weighted by molar-refractivity contribution is 0.415. The first-order chi connectivity index (χ1) is 10.1. The molecule has 2 aromatic rings. The summed E-state index contributed by atoms with van der Waals surface area (Å²) in [5.74, 6) is 0.321. The van der Waals surface area contributed by atoms with Gasteiger partial charge in [0.05, 0.1) is 12.1 Å². The summed E-state index contributed by atoms with van der Waals surface area (Å²) in [4.78, 5) is 0. The van der Waals surface area contributed by atoms with Crippen molar-refractivity contribution in [3.05, 3.63) is 52.8 Å². The van der Waals surface area contributed by atoms with Gasteiger partial charge in [0.1, 0.15) is 11.6 Å². The summed E-state index contributed by atoms with van der Waals surface area (Å²) in [6.07, 6.45) is 0.